The number of allylic oxidation sites excluding steroid dienone is 1. The highest BCUT2D eigenvalue weighted by atomic mass is 35.5. The molecule has 0 spiro atoms. The maximum Gasteiger partial charge on any atom is 0.299 e. The number of fused-ring (bicyclic) bond motifs is 2. The predicted molar refractivity (Wildman–Crippen MR) is 167 cm³/mol. The quantitative estimate of drug-likeness (QED) is 0.266. The highest BCUT2D eigenvalue weighted by molar-refractivity contribution is 6.74. The van der Waals surface area contributed by atoms with E-state index in [0.29, 0.717) is 48.7 Å². The van der Waals surface area contributed by atoms with Gasteiger partial charge in [-0.2, -0.15) is 4.98 Å². The number of benzene rings is 1. The van der Waals surface area contributed by atoms with Crippen LogP contribution >= 0.6 is 11.6 Å². The van der Waals surface area contributed by atoms with Crippen molar-refractivity contribution in [2.45, 2.75) is 82.4 Å². The van der Waals surface area contributed by atoms with E-state index < -0.39 is 8.32 Å². The van der Waals surface area contributed by atoms with Gasteiger partial charge in [-0.25, -0.2) is 4.98 Å². The molecule has 3 aromatic rings. The van der Waals surface area contributed by atoms with Crippen molar-refractivity contribution in [2.24, 2.45) is 0 Å². The van der Waals surface area contributed by atoms with Crippen molar-refractivity contribution in [3.05, 3.63) is 48.0 Å². The molecule has 0 saturated carbocycles. The Morgan fingerprint density at radius 3 is 2.45 bits per heavy atom. The number of hydrogen-bond acceptors (Lipinski definition) is 8. The molecule has 3 aliphatic heterocycles. The first-order chi connectivity index (χ1) is 19.9. The SMILES string of the molecule is C=CCn1c(O[C@@H]2CO[C@H]3[C@@H]2OC[C@H]3O[Si](C)(C)C(C)(C)C)nc2nc(-c3ccc(N4CC[C@@H](O)C4)cc3)c(Cl)cc21. The van der Waals surface area contributed by atoms with E-state index in [1.807, 2.05) is 34.9 Å². The summed E-state index contributed by atoms with van der Waals surface area (Å²) in [5.74, 6) is 0. The topological polar surface area (TPSA) is 91.1 Å². The van der Waals surface area contributed by atoms with E-state index in [-0.39, 0.29) is 35.6 Å². The molecular weight excluding hydrogens is 572 g/mol. The fourth-order valence-corrected chi connectivity index (χ4v) is 7.30. The summed E-state index contributed by atoms with van der Waals surface area (Å²) >= 11 is 6.78. The zero-order chi connectivity index (χ0) is 29.8. The lowest BCUT2D eigenvalue weighted by Gasteiger charge is -2.39. The van der Waals surface area contributed by atoms with Crippen molar-refractivity contribution in [2.75, 3.05) is 31.2 Å². The number of rotatable bonds is 8. The van der Waals surface area contributed by atoms with Gasteiger partial charge in [0.2, 0.25) is 0 Å². The van der Waals surface area contributed by atoms with Crippen LogP contribution in [0.5, 0.6) is 6.01 Å². The average molecular weight is 613 g/mol. The highest BCUT2D eigenvalue weighted by Gasteiger charge is 2.52. The van der Waals surface area contributed by atoms with Gasteiger partial charge < -0.3 is 28.6 Å². The molecule has 2 aromatic heterocycles. The molecule has 42 heavy (non-hydrogen) atoms. The van der Waals surface area contributed by atoms with Gasteiger partial charge in [-0.15, -0.1) is 6.58 Å². The van der Waals surface area contributed by atoms with E-state index in [9.17, 15) is 5.11 Å². The van der Waals surface area contributed by atoms with Crippen molar-refractivity contribution in [3.8, 4) is 17.3 Å². The molecule has 0 unspecified atom stereocenters. The van der Waals surface area contributed by atoms with Crippen LogP contribution < -0.4 is 9.64 Å². The summed E-state index contributed by atoms with van der Waals surface area (Å²) in [6, 6.07) is 10.4. The number of pyridine rings is 1. The first-order valence-corrected chi connectivity index (χ1v) is 18.0. The largest absolute Gasteiger partial charge is 0.456 e. The third-order valence-electron chi connectivity index (χ3n) is 9.11. The number of imidazole rings is 1. The number of aliphatic hydroxyl groups excluding tert-OH is 1. The summed E-state index contributed by atoms with van der Waals surface area (Å²) in [4.78, 5) is 11.8. The Balaban J connectivity index is 1.23. The Bertz CT molecular complexity index is 1460. The Labute approximate surface area is 253 Å². The minimum absolute atomic E-state index is 0.0990. The molecule has 0 radical (unpaired) electrons. The van der Waals surface area contributed by atoms with Gasteiger partial charge in [-0.05, 0) is 42.8 Å². The maximum absolute atomic E-state index is 9.89. The van der Waals surface area contributed by atoms with Gasteiger partial charge in [0.25, 0.3) is 6.01 Å². The Morgan fingerprint density at radius 1 is 1.12 bits per heavy atom. The van der Waals surface area contributed by atoms with Crippen molar-refractivity contribution >= 4 is 36.8 Å². The fraction of sp³-hybridized carbons (Fsp3) is 0.548. The molecule has 3 aliphatic rings. The van der Waals surface area contributed by atoms with Crippen LogP contribution in [0, 0.1) is 0 Å². The van der Waals surface area contributed by atoms with Gasteiger partial charge in [-0.1, -0.05) is 50.6 Å². The minimum atomic E-state index is -1.98. The standard InChI is InChI=1S/C31H41ClN4O5Si/c1-7-13-36-23-15-22(32)26(19-8-10-20(11-9-19)35-14-12-21(37)16-35)33-29(23)34-30(36)40-24-17-38-28-25(18-39-27(24)28)41-42(5,6)31(2,3)4/h7-11,15,21,24-25,27-28,37H,1,12-14,16-18H2,2-6H3/t21-,24-,25-,27-,28-/m1/s1. The normalized spacial score (nSPS) is 26.3. The summed E-state index contributed by atoms with van der Waals surface area (Å²) < 4.78 is 27.4. The minimum Gasteiger partial charge on any atom is -0.456 e. The van der Waals surface area contributed by atoms with E-state index in [4.69, 9.17) is 40.2 Å². The van der Waals surface area contributed by atoms with Crippen molar-refractivity contribution < 1.29 is 23.7 Å². The number of β-amino-alcohol motifs (C(OH)–C–C–N with tert-alkyl or cyclic N) is 1. The Kier molecular flexibility index (Phi) is 7.91. The van der Waals surface area contributed by atoms with Crippen molar-refractivity contribution in [1.82, 2.24) is 14.5 Å². The third kappa shape index (κ3) is 5.49. The van der Waals surface area contributed by atoms with Crippen LogP contribution in [0.25, 0.3) is 22.4 Å². The number of nitrogens with zero attached hydrogens (tertiary/aromatic N) is 4. The maximum atomic E-state index is 9.89. The van der Waals surface area contributed by atoms with Crippen molar-refractivity contribution in [3.63, 3.8) is 0 Å². The van der Waals surface area contributed by atoms with Gasteiger partial charge in [0.15, 0.2) is 20.1 Å². The fourth-order valence-electron chi connectivity index (χ4n) is 5.73. The van der Waals surface area contributed by atoms with Crippen LogP contribution in [-0.4, -0.2) is 84.8 Å². The second kappa shape index (κ2) is 11.2. The Morgan fingerprint density at radius 2 is 1.81 bits per heavy atom. The third-order valence-corrected chi connectivity index (χ3v) is 13.9. The van der Waals surface area contributed by atoms with E-state index >= 15 is 0 Å². The van der Waals surface area contributed by atoms with Gasteiger partial charge in [0.05, 0.1) is 41.7 Å². The first-order valence-electron chi connectivity index (χ1n) is 14.7. The lowest BCUT2D eigenvalue weighted by molar-refractivity contribution is 0.0105. The molecule has 0 aliphatic carbocycles. The van der Waals surface area contributed by atoms with Crippen LogP contribution in [0.2, 0.25) is 23.2 Å². The molecule has 6 rings (SSSR count). The lowest BCUT2D eigenvalue weighted by Crippen LogP contribution is -2.47. The molecule has 0 amide bonds. The summed E-state index contributed by atoms with van der Waals surface area (Å²) in [5, 5.41) is 10.5. The molecule has 5 heterocycles. The van der Waals surface area contributed by atoms with Gasteiger partial charge in [0, 0.05) is 30.9 Å². The van der Waals surface area contributed by atoms with Crippen molar-refractivity contribution in [1.29, 1.82) is 0 Å². The van der Waals surface area contributed by atoms with E-state index in [0.717, 1.165) is 29.7 Å². The molecule has 5 atom stereocenters. The molecule has 9 nitrogen and oxygen atoms in total. The number of hydrogen-bond donors (Lipinski definition) is 1. The number of halogens is 1. The van der Waals surface area contributed by atoms with E-state index in [1.165, 1.54) is 0 Å². The van der Waals surface area contributed by atoms with Crippen LogP contribution in [0.15, 0.2) is 43.0 Å². The van der Waals surface area contributed by atoms with Crippen LogP contribution in [0.1, 0.15) is 27.2 Å². The monoisotopic (exact) mass is 612 g/mol. The molecular formula is C31H41ClN4O5Si. The highest BCUT2D eigenvalue weighted by Crippen LogP contribution is 2.41. The Hall–Kier alpha value is -2.47. The zero-order valence-electron chi connectivity index (χ0n) is 25.0. The van der Waals surface area contributed by atoms with Gasteiger partial charge >= 0.3 is 0 Å². The number of aliphatic hydroxyl groups is 1. The second-order valence-corrected chi connectivity index (χ2v) is 18.2. The van der Waals surface area contributed by atoms with Gasteiger partial charge in [-0.3, -0.25) is 4.57 Å². The van der Waals surface area contributed by atoms with Crippen LogP contribution in [0.4, 0.5) is 5.69 Å². The number of anilines is 1. The average Bonchev–Trinajstić information content (AvgIpc) is 3.70. The number of aromatic nitrogens is 3. The zero-order valence-corrected chi connectivity index (χ0v) is 26.8. The summed E-state index contributed by atoms with van der Waals surface area (Å²) in [7, 11) is -1.98. The molecule has 226 valence electrons. The van der Waals surface area contributed by atoms with E-state index in [2.05, 4.69) is 45.3 Å². The molecule has 3 fully saturated rings. The molecule has 1 aromatic carbocycles. The number of ether oxygens (including phenoxy) is 3. The smallest absolute Gasteiger partial charge is 0.299 e. The molecule has 0 bridgehead atoms. The predicted octanol–water partition coefficient (Wildman–Crippen LogP) is 5.44. The summed E-state index contributed by atoms with van der Waals surface area (Å²) in [6.07, 6.45) is 1.47. The second-order valence-electron chi connectivity index (χ2n) is 13.1. The van der Waals surface area contributed by atoms with E-state index in [1.54, 1.807) is 6.08 Å². The summed E-state index contributed by atoms with van der Waals surface area (Å²) in [5.41, 5.74) is 3.93. The van der Waals surface area contributed by atoms with Gasteiger partial charge in [0.1, 0.15) is 12.2 Å². The molecule has 3 saturated heterocycles. The van der Waals surface area contributed by atoms with Crippen LogP contribution in [0.3, 0.4) is 0 Å². The summed E-state index contributed by atoms with van der Waals surface area (Å²) in [6.45, 7) is 18.0. The lowest BCUT2D eigenvalue weighted by atomic mass is 10.1. The molecule has 1 N–H and O–H groups in total. The first kappa shape index (κ1) is 29.6. The van der Waals surface area contributed by atoms with Crippen LogP contribution in [-0.2, 0) is 20.4 Å². The molecule has 11 heteroatoms.